The van der Waals surface area contributed by atoms with Crippen LogP contribution in [0.3, 0.4) is 0 Å². The van der Waals surface area contributed by atoms with Gasteiger partial charge in [0.15, 0.2) is 0 Å². The second kappa shape index (κ2) is 10.4. The van der Waals surface area contributed by atoms with Crippen molar-refractivity contribution >= 4 is 11.8 Å². The zero-order chi connectivity index (χ0) is 22.4. The molecule has 6 nitrogen and oxygen atoms in total. The number of amides is 2. The lowest BCUT2D eigenvalue weighted by molar-refractivity contribution is 0.0862. The molecule has 2 aromatic carbocycles. The minimum atomic E-state index is -0.475. The van der Waals surface area contributed by atoms with E-state index in [-0.39, 0.29) is 5.91 Å². The highest BCUT2D eigenvalue weighted by Crippen LogP contribution is 2.23. The first-order valence-electron chi connectivity index (χ1n) is 11.0. The largest absolute Gasteiger partial charge is 0.457 e. The number of ether oxygens (including phenoxy) is 1. The Kier molecular flexibility index (Phi) is 7.69. The maximum absolute atomic E-state index is 12.7. The smallest absolute Gasteiger partial charge is 0.251 e. The number of benzene rings is 2. The summed E-state index contributed by atoms with van der Waals surface area (Å²) in [5, 5.41) is 3.11. The van der Waals surface area contributed by atoms with Gasteiger partial charge < -0.3 is 15.8 Å². The molecule has 1 heterocycles. The first-order valence-corrected chi connectivity index (χ1v) is 11.0. The molecule has 1 aliphatic rings. The maximum Gasteiger partial charge on any atom is 0.251 e. The molecule has 2 amide bonds. The van der Waals surface area contributed by atoms with Crippen molar-refractivity contribution in [3.63, 3.8) is 0 Å². The van der Waals surface area contributed by atoms with Gasteiger partial charge in [0.2, 0.25) is 5.91 Å². The van der Waals surface area contributed by atoms with E-state index in [1.807, 2.05) is 0 Å². The van der Waals surface area contributed by atoms with Crippen molar-refractivity contribution in [1.82, 2.24) is 10.2 Å². The zero-order valence-corrected chi connectivity index (χ0v) is 18.6. The molecule has 1 fully saturated rings. The van der Waals surface area contributed by atoms with Crippen molar-refractivity contribution in [3.05, 3.63) is 59.7 Å². The van der Waals surface area contributed by atoms with E-state index in [9.17, 15) is 9.59 Å². The number of piperidine rings is 1. The van der Waals surface area contributed by atoms with Crippen LogP contribution in [0.5, 0.6) is 11.5 Å². The van der Waals surface area contributed by atoms with Gasteiger partial charge in [-0.1, -0.05) is 20.8 Å². The summed E-state index contributed by atoms with van der Waals surface area (Å²) in [4.78, 5) is 26.3. The average Bonchev–Trinajstić information content (AvgIpc) is 2.75. The summed E-state index contributed by atoms with van der Waals surface area (Å²) in [5.74, 6) is 1.93. The van der Waals surface area contributed by atoms with Crippen LogP contribution in [0.1, 0.15) is 54.3 Å². The Morgan fingerprint density at radius 2 is 1.52 bits per heavy atom. The Bertz CT molecular complexity index is 870. The summed E-state index contributed by atoms with van der Waals surface area (Å²) in [5.41, 5.74) is 6.28. The second-order valence-corrected chi connectivity index (χ2v) is 8.75. The van der Waals surface area contributed by atoms with Crippen LogP contribution in [0.4, 0.5) is 0 Å². The van der Waals surface area contributed by atoms with Gasteiger partial charge in [-0.3, -0.25) is 14.5 Å². The highest BCUT2D eigenvalue weighted by atomic mass is 16.5. The molecule has 166 valence electrons. The molecule has 0 spiro atoms. The molecule has 0 radical (unpaired) electrons. The van der Waals surface area contributed by atoms with E-state index in [1.165, 1.54) is 12.8 Å². The first-order chi connectivity index (χ1) is 14.8. The molecular weight excluding hydrogens is 390 g/mol. The second-order valence-electron chi connectivity index (χ2n) is 8.75. The minimum absolute atomic E-state index is 0.0756. The zero-order valence-electron chi connectivity index (χ0n) is 18.6. The summed E-state index contributed by atoms with van der Waals surface area (Å²) in [7, 11) is 0. The van der Waals surface area contributed by atoms with Crippen LogP contribution >= 0.6 is 0 Å². The lowest BCUT2D eigenvalue weighted by atomic mass is 9.94. The molecule has 0 bridgehead atoms. The quantitative estimate of drug-likeness (QED) is 0.670. The third kappa shape index (κ3) is 6.31. The Morgan fingerprint density at radius 1 is 1.00 bits per heavy atom. The molecule has 1 aliphatic heterocycles. The normalized spacial score (nSPS) is 16.1. The molecule has 3 rings (SSSR count). The predicted octanol–water partition coefficient (Wildman–Crippen LogP) is 4.06. The Balaban J connectivity index is 1.55. The number of carbonyl (C=O) groups is 2. The highest BCUT2D eigenvalue weighted by molar-refractivity contribution is 5.94. The fraction of sp³-hybridized carbons (Fsp3) is 0.440. The highest BCUT2D eigenvalue weighted by Gasteiger charge is 2.26. The van der Waals surface area contributed by atoms with Crippen LogP contribution in [0.2, 0.25) is 0 Å². The number of rotatable bonds is 8. The number of likely N-dealkylation sites (tertiary alicyclic amines) is 1. The van der Waals surface area contributed by atoms with Gasteiger partial charge in [-0.2, -0.15) is 0 Å². The standard InChI is InChI=1S/C25H33N3O3/c1-17(2)23(28-14-12-18(3)13-15-28)16-27-25(30)20-6-10-22(11-7-20)31-21-8-4-19(5-9-21)24(26)29/h4-11,17-18,23H,12-16H2,1-3H3,(H2,26,29)(H,27,30). The van der Waals surface area contributed by atoms with E-state index in [2.05, 4.69) is 31.0 Å². The SMILES string of the molecule is CC1CCN(C(CNC(=O)c2ccc(Oc3ccc(C(N)=O)cc3)cc2)C(C)C)CC1. The van der Waals surface area contributed by atoms with Crippen LogP contribution in [0.25, 0.3) is 0 Å². The summed E-state index contributed by atoms with van der Waals surface area (Å²) in [6.07, 6.45) is 2.45. The van der Waals surface area contributed by atoms with Crippen molar-refractivity contribution in [2.45, 2.75) is 39.7 Å². The molecule has 2 aromatic rings. The van der Waals surface area contributed by atoms with Gasteiger partial charge in [0.25, 0.3) is 5.91 Å². The number of hydrogen-bond donors (Lipinski definition) is 2. The van der Waals surface area contributed by atoms with Crippen molar-refractivity contribution < 1.29 is 14.3 Å². The average molecular weight is 424 g/mol. The molecule has 3 N–H and O–H groups in total. The Labute approximate surface area is 184 Å². The summed E-state index contributed by atoms with van der Waals surface area (Å²) in [6, 6.07) is 14.0. The topological polar surface area (TPSA) is 84.7 Å². The minimum Gasteiger partial charge on any atom is -0.457 e. The molecule has 1 unspecified atom stereocenters. The molecule has 0 aliphatic carbocycles. The lowest BCUT2D eigenvalue weighted by Crippen LogP contribution is -2.49. The van der Waals surface area contributed by atoms with Crippen LogP contribution in [-0.2, 0) is 0 Å². The van der Waals surface area contributed by atoms with Crippen LogP contribution in [0.15, 0.2) is 48.5 Å². The van der Waals surface area contributed by atoms with Crippen LogP contribution < -0.4 is 15.8 Å². The van der Waals surface area contributed by atoms with E-state index in [4.69, 9.17) is 10.5 Å². The number of nitrogens with zero attached hydrogens (tertiary/aromatic N) is 1. The summed E-state index contributed by atoms with van der Waals surface area (Å²) >= 11 is 0. The van der Waals surface area contributed by atoms with E-state index in [0.717, 1.165) is 19.0 Å². The lowest BCUT2D eigenvalue weighted by Gasteiger charge is -2.38. The van der Waals surface area contributed by atoms with Gasteiger partial charge in [-0.05, 0) is 86.3 Å². The number of nitrogens with two attached hydrogens (primary N) is 1. The van der Waals surface area contributed by atoms with Crippen molar-refractivity contribution in [3.8, 4) is 11.5 Å². The van der Waals surface area contributed by atoms with E-state index in [0.29, 0.717) is 41.1 Å². The molecular formula is C25H33N3O3. The molecule has 1 saturated heterocycles. The van der Waals surface area contributed by atoms with Crippen LogP contribution in [0, 0.1) is 11.8 Å². The van der Waals surface area contributed by atoms with Gasteiger partial charge in [0, 0.05) is 23.7 Å². The van der Waals surface area contributed by atoms with Crippen molar-refractivity contribution in [2.24, 2.45) is 17.6 Å². The molecule has 6 heteroatoms. The number of carbonyl (C=O) groups excluding carboxylic acids is 2. The van der Waals surface area contributed by atoms with Gasteiger partial charge in [0.05, 0.1) is 0 Å². The predicted molar refractivity (Wildman–Crippen MR) is 122 cm³/mol. The van der Waals surface area contributed by atoms with Gasteiger partial charge in [-0.15, -0.1) is 0 Å². The first kappa shape index (κ1) is 22.8. The van der Waals surface area contributed by atoms with E-state index >= 15 is 0 Å². The molecule has 31 heavy (non-hydrogen) atoms. The monoisotopic (exact) mass is 423 g/mol. The molecule has 0 aromatic heterocycles. The van der Waals surface area contributed by atoms with Gasteiger partial charge >= 0.3 is 0 Å². The molecule has 0 saturated carbocycles. The maximum atomic E-state index is 12.7. The number of nitrogens with one attached hydrogen (secondary N) is 1. The third-order valence-electron chi connectivity index (χ3n) is 6.02. The van der Waals surface area contributed by atoms with Gasteiger partial charge in [-0.25, -0.2) is 0 Å². The summed E-state index contributed by atoms with van der Waals surface area (Å²) in [6.45, 7) is 9.61. The summed E-state index contributed by atoms with van der Waals surface area (Å²) < 4.78 is 5.77. The fourth-order valence-electron chi connectivity index (χ4n) is 3.94. The number of primary amides is 1. The Morgan fingerprint density at radius 3 is 2.00 bits per heavy atom. The van der Waals surface area contributed by atoms with E-state index in [1.54, 1.807) is 48.5 Å². The fourth-order valence-corrected chi connectivity index (χ4v) is 3.94. The van der Waals surface area contributed by atoms with Gasteiger partial charge in [0.1, 0.15) is 11.5 Å². The van der Waals surface area contributed by atoms with Crippen LogP contribution in [-0.4, -0.2) is 42.4 Å². The Hall–Kier alpha value is -2.86. The molecule has 1 atom stereocenters. The van der Waals surface area contributed by atoms with Crippen molar-refractivity contribution in [1.29, 1.82) is 0 Å². The van der Waals surface area contributed by atoms with E-state index < -0.39 is 5.91 Å². The number of hydrogen-bond acceptors (Lipinski definition) is 4. The third-order valence-corrected chi connectivity index (χ3v) is 6.02. The van der Waals surface area contributed by atoms with Crippen molar-refractivity contribution in [2.75, 3.05) is 19.6 Å².